The van der Waals surface area contributed by atoms with E-state index in [2.05, 4.69) is 14.3 Å². The minimum Gasteiger partial charge on any atom is -0.481 e. The van der Waals surface area contributed by atoms with Crippen LogP contribution < -0.4 is 4.74 Å². The number of benzene rings is 1. The number of hydrogen-bond donors (Lipinski definition) is 0. The van der Waals surface area contributed by atoms with Crippen LogP contribution in [0, 0.1) is 0 Å². The molecule has 0 N–H and O–H groups in total. The van der Waals surface area contributed by atoms with Gasteiger partial charge >= 0.3 is 0 Å². The number of carbonyl (C=O) groups excluding carboxylic acids is 1. The number of amides is 1. The van der Waals surface area contributed by atoms with Crippen molar-refractivity contribution in [3.05, 3.63) is 83.3 Å². The Morgan fingerprint density at radius 3 is 2.52 bits per heavy atom. The number of hydrogen-bond acceptors (Lipinski definition) is 5. The van der Waals surface area contributed by atoms with E-state index >= 15 is 0 Å². The number of nitrogens with zero attached hydrogens (tertiary/aromatic N) is 5. The number of rotatable bonds is 5. The van der Waals surface area contributed by atoms with Gasteiger partial charge in [0.05, 0.1) is 18.5 Å². The normalized spacial score (nSPS) is 14.5. The molecule has 1 aromatic carbocycles. The molecule has 0 bridgehead atoms. The van der Waals surface area contributed by atoms with Crippen molar-refractivity contribution in [2.45, 2.75) is 6.54 Å². The van der Waals surface area contributed by atoms with Crippen LogP contribution in [0.25, 0.3) is 16.9 Å². The van der Waals surface area contributed by atoms with Crippen molar-refractivity contribution in [3.8, 4) is 17.1 Å². The van der Waals surface area contributed by atoms with Crippen molar-refractivity contribution in [1.82, 2.24) is 24.2 Å². The maximum atomic E-state index is 12.9. The summed E-state index contributed by atoms with van der Waals surface area (Å²) in [5, 5.41) is 0.704. The van der Waals surface area contributed by atoms with Gasteiger partial charge in [-0.2, -0.15) is 0 Å². The Morgan fingerprint density at radius 2 is 1.76 bits per heavy atom. The number of fused-ring (bicyclic) bond motifs is 1. The molecule has 1 amide bonds. The second-order valence-corrected chi connectivity index (χ2v) is 8.41. The molecule has 0 aliphatic carbocycles. The number of aromatic nitrogens is 3. The van der Waals surface area contributed by atoms with Crippen molar-refractivity contribution in [2.75, 3.05) is 33.3 Å². The van der Waals surface area contributed by atoms with Crippen molar-refractivity contribution < 1.29 is 9.53 Å². The first-order chi connectivity index (χ1) is 16.1. The second kappa shape index (κ2) is 9.21. The lowest BCUT2D eigenvalue weighted by Gasteiger charge is -2.34. The molecule has 1 fully saturated rings. The highest BCUT2D eigenvalue weighted by Gasteiger charge is 2.25. The molecule has 4 heterocycles. The van der Waals surface area contributed by atoms with Gasteiger partial charge in [-0.25, -0.2) is 9.97 Å². The summed E-state index contributed by atoms with van der Waals surface area (Å²) < 4.78 is 7.29. The minimum atomic E-state index is -0.0646. The van der Waals surface area contributed by atoms with Crippen LogP contribution in [0.3, 0.4) is 0 Å². The third kappa shape index (κ3) is 4.42. The quantitative estimate of drug-likeness (QED) is 0.449. The molecule has 0 spiro atoms. The molecule has 0 atom stereocenters. The number of piperazine rings is 1. The number of imidazole rings is 1. The van der Waals surface area contributed by atoms with E-state index < -0.39 is 0 Å². The SMILES string of the molecule is COc1cccc(C(=O)N2CCN(Cc3c(-c4ccc(Cl)cc4)nc4ccccn34)CC2)n1. The molecule has 0 radical (unpaired) electrons. The second-order valence-electron chi connectivity index (χ2n) is 7.98. The zero-order valence-corrected chi connectivity index (χ0v) is 19.1. The van der Waals surface area contributed by atoms with E-state index in [1.807, 2.05) is 53.6 Å². The van der Waals surface area contributed by atoms with E-state index in [4.69, 9.17) is 21.3 Å². The molecule has 33 heavy (non-hydrogen) atoms. The van der Waals surface area contributed by atoms with Gasteiger partial charge < -0.3 is 14.0 Å². The standard InChI is InChI=1S/C25H24ClN5O2/c1-33-23-7-4-5-20(27-23)25(32)30-15-13-29(14-16-30)17-21-24(18-8-10-19(26)11-9-18)28-22-6-2-3-12-31(21)22/h2-12H,13-17H2,1H3. The number of methoxy groups -OCH3 is 1. The van der Waals surface area contributed by atoms with Crippen molar-refractivity contribution in [2.24, 2.45) is 0 Å². The fourth-order valence-corrected chi connectivity index (χ4v) is 4.29. The van der Waals surface area contributed by atoms with Gasteiger partial charge in [-0.1, -0.05) is 35.9 Å². The summed E-state index contributed by atoms with van der Waals surface area (Å²) >= 11 is 6.10. The maximum absolute atomic E-state index is 12.9. The predicted octanol–water partition coefficient (Wildman–Crippen LogP) is 4.02. The smallest absolute Gasteiger partial charge is 0.272 e. The summed E-state index contributed by atoms with van der Waals surface area (Å²) in [7, 11) is 1.55. The van der Waals surface area contributed by atoms with Gasteiger partial charge in [0.15, 0.2) is 0 Å². The minimum absolute atomic E-state index is 0.0646. The lowest BCUT2D eigenvalue weighted by atomic mass is 10.1. The van der Waals surface area contributed by atoms with Crippen LogP contribution in [0.2, 0.25) is 5.02 Å². The first kappa shape index (κ1) is 21.4. The van der Waals surface area contributed by atoms with E-state index in [9.17, 15) is 4.79 Å². The number of pyridine rings is 2. The summed E-state index contributed by atoms with van der Waals surface area (Å²) in [4.78, 5) is 26.3. The first-order valence-corrected chi connectivity index (χ1v) is 11.2. The van der Waals surface area contributed by atoms with Gasteiger partial charge in [-0.3, -0.25) is 9.69 Å². The van der Waals surface area contributed by atoms with Crippen LogP contribution in [0.4, 0.5) is 0 Å². The Balaban J connectivity index is 1.33. The third-order valence-corrected chi connectivity index (χ3v) is 6.18. The zero-order chi connectivity index (χ0) is 22.8. The van der Waals surface area contributed by atoms with Gasteiger partial charge in [0, 0.05) is 55.6 Å². The highest BCUT2D eigenvalue weighted by atomic mass is 35.5. The van der Waals surface area contributed by atoms with E-state index in [0.29, 0.717) is 29.7 Å². The molecule has 5 rings (SSSR count). The fourth-order valence-electron chi connectivity index (χ4n) is 4.17. The Labute approximate surface area is 197 Å². The summed E-state index contributed by atoms with van der Waals surface area (Å²) in [6.45, 7) is 3.57. The van der Waals surface area contributed by atoms with Gasteiger partial charge in [-0.15, -0.1) is 0 Å². The van der Waals surface area contributed by atoms with Crippen LogP contribution in [-0.2, 0) is 6.54 Å². The summed E-state index contributed by atoms with van der Waals surface area (Å²) in [5.74, 6) is 0.382. The summed E-state index contributed by atoms with van der Waals surface area (Å²) in [6.07, 6.45) is 2.05. The third-order valence-electron chi connectivity index (χ3n) is 5.93. The largest absolute Gasteiger partial charge is 0.481 e. The number of halogens is 1. The molecule has 8 heteroatoms. The highest BCUT2D eigenvalue weighted by molar-refractivity contribution is 6.30. The first-order valence-electron chi connectivity index (χ1n) is 10.9. The van der Waals surface area contributed by atoms with Gasteiger partial charge in [0.1, 0.15) is 11.3 Å². The molecule has 0 saturated carbocycles. The fraction of sp³-hybridized carbons (Fsp3) is 0.240. The average molecular weight is 462 g/mol. The Bertz CT molecular complexity index is 1280. The molecule has 1 aliphatic rings. The highest BCUT2D eigenvalue weighted by Crippen LogP contribution is 2.27. The molecule has 7 nitrogen and oxygen atoms in total. The van der Waals surface area contributed by atoms with Crippen LogP contribution in [0.5, 0.6) is 5.88 Å². The topological polar surface area (TPSA) is 63.0 Å². The molecule has 1 saturated heterocycles. The van der Waals surface area contributed by atoms with E-state index in [-0.39, 0.29) is 5.91 Å². The molecule has 168 valence electrons. The monoisotopic (exact) mass is 461 g/mol. The molecule has 1 aliphatic heterocycles. The Kier molecular flexibility index (Phi) is 5.98. The summed E-state index contributed by atoms with van der Waals surface area (Å²) in [5.41, 5.74) is 4.44. The van der Waals surface area contributed by atoms with Gasteiger partial charge in [0.2, 0.25) is 5.88 Å². The lowest BCUT2D eigenvalue weighted by molar-refractivity contribution is 0.0620. The predicted molar refractivity (Wildman–Crippen MR) is 128 cm³/mol. The lowest BCUT2D eigenvalue weighted by Crippen LogP contribution is -2.48. The Morgan fingerprint density at radius 1 is 0.970 bits per heavy atom. The van der Waals surface area contributed by atoms with Crippen molar-refractivity contribution in [1.29, 1.82) is 0 Å². The zero-order valence-electron chi connectivity index (χ0n) is 18.3. The maximum Gasteiger partial charge on any atom is 0.272 e. The van der Waals surface area contributed by atoms with Crippen LogP contribution in [0.1, 0.15) is 16.2 Å². The van der Waals surface area contributed by atoms with Gasteiger partial charge in [-0.05, 0) is 30.3 Å². The van der Waals surface area contributed by atoms with E-state index in [0.717, 1.165) is 42.2 Å². The molecular formula is C25H24ClN5O2. The Hall–Kier alpha value is -3.42. The van der Waals surface area contributed by atoms with Crippen LogP contribution in [0.15, 0.2) is 66.9 Å². The van der Waals surface area contributed by atoms with Gasteiger partial charge in [0.25, 0.3) is 5.91 Å². The molecule has 0 unspecified atom stereocenters. The average Bonchev–Trinajstić information content (AvgIpc) is 3.23. The number of carbonyl (C=O) groups is 1. The van der Waals surface area contributed by atoms with E-state index in [1.54, 1.807) is 25.3 Å². The summed E-state index contributed by atoms with van der Waals surface area (Å²) in [6, 6.07) is 19.1. The van der Waals surface area contributed by atoms with Crippen LogP contribution in [-0.4, -0.2) is 63.4 Å². The van der Waals surface area contributed by atoms with Crippen LogP contribution >= 0.6 is 11.6 Å². The molecule has 4 aromatic rings. The van der Waals surface area contributed by atoms with Crippen molar-refractivity contribution >= 4 is 23.2 Å². The van der Waals surface area contributed by atoms with Crippen molar-refractivity contribution in [3.63, 3.8) is 0 Å². The molecular weight excluding hydrogens is 438 g/mol. The number of ether oxygens (including phenoxy) is 1. The molecule has 3 aromatic heterocycles. The van der Waals surface area contributed by atoms with E-state index in [1.165, 1.54) is 0 Å².